The Kier molecular flexibility index (Phi) is 7.09. The zero-order valence-electron chi connectivity index (χ0n) is 18.8. The summed E-state index contributed by atoms with van der Waals surface area (Å²) in [7, 11) is -3.58. The first-order chi connectivity index (χ1) is 16.4. The van der Waals surface area contributed by atoms with Gasteiger partial charge in [-0.05, 0) is 61.0 Å². The number of aryl methyl sites for hydroxylation is 1. The second-order valence-corrected chi connectivity index (χ2v) is 10.1. The maximum atomic E-state index is 12.9. The second-order valence-electron chi connectivity index (χ2n) is 8.14. The molecule has 0 fully saturated rings. The minimum Gasteiger partial charge on any atom is -0.396 e. The van der Waals surface area contributed by atoms with Gasteiger partial charge in [0.05, 0.1) is 22.0 Å². The predicted molar refractivity (Wildman–Crippen MR) is 130 cm³/mol. The zero-order chi connectivity index (χ0) is 24.1. The average Bonchev–Trinajstić information content (AvgIpc) is 2.84. The molecular weight excluding hydrogens is 450 g/mol. The molecular formula is C26H25N3O4S. The summed E-state index contributed by atoms with van der Waals surface area (Å²) >= 11 is 0. The summed E-state index contributed by atoms with van der Waals surface area (Å²) in [4.78, 5) is 25.1. The van der Waals surface area contributed by atoms with Gasteiger partial charge in [-0.2, -0.15) is 0 Å². The van der Waals surface area contributed by atoms with Gasteiger partial charge in [-0.1, -0.05) is 18.2 Å². The number of aliphatic hydroxyl groups is 1. The lowest BCUT2D eigenvalue weighted by Gasteiger charge is -2.12. The van der Waals surface area contributed by atoms with Crippen LogP contribution in [0.1, 0.15) is 40.9 Å². The number of benzene rings is 2. The van der Waals surface area contributed by atoms with Gasteiger partial charge in [-0.25, -0.2) is 18.4 Å². The van der Waals surface area contributed by atoms with Crippen LogP contribution < -0.4 is 0 Å². The number of carbonyl (C=O) groups excluding carboxylic acids is 1. The Balaban J connectivity index is 1.65. The summed E-state index contributed by atoms with van der Waals surface area (Å²) in [5.41, 5.74) is 3.60. The Bertz CT molecular complexity index is 1440. The molecule has 0 radical (unpaired) electrons. The van der Waals surface area contributed by atoms with E-state index >= 15 is 0 Å². The van der Waals surface area contributed by atoms with Crippen LogP contribution in [0, 0.1) is 6.92 Å². The van der Waals surface area contributed by atoms with Gasteiger partial charge in [0.2, 0.25) is 0 Å². The highest BCUT2D eigenvalue weighted by molar-refractivity contribution is 7.90. The van der Waals surface area contributed by atoms with Crippen LogP contribution in [0.5, 0.6) is 0 Å². The van der Waals surface area contributed by atoms with Crippen molar-refractivity contribution in [3.05, 3.63) is 84.1 Å². The summed E-state index contributed by atoms with van der Waals surface area (Å²) in [5, 5.41) is 10.5. The highest BCUT2D eigenvalue weighted by atomic mass is 32.2. The van der Waals surface area contributed by atoms with E-state index in [4.69, 9.17) is 5.11 Å². The van der Waals surface area contributed by atoms with Crippen molar-refractivity contribution in [3.8, 4) is 11.3 Å². The van der Waals surface area contributed by atoms with E-state index in [1.807, 2.05) is 19.1 Å². The molecule has 34 heavy (non-hydrogen) atoms. The lowest BCUT2D eigenvalue weighted by Crippen LogP contribution is -2.06. The maximum absolute atomic E-state index is 12.9. The molecule has 4 aromatic rings. The van der Waals surface area contributed by atoms with Crippen LogP contribution >= 0.6 is 0 Å². The first-order valence-corrected chi connectivity index (χ1v) is 12.7. The Hall–Kier alpha value is -3.49. The van der Waals surface area contributed by atoms with Gasteiger partial charge in [0, 0.05) is 41.9 Å². The van der Waals surface area contributed by atoms with Gasteiger partial charge in [0.15, 0.2) is 15.6 Å². The fourth-order valence-electron chi connectivity index (χ4n) is 3.89. The molecule has 4 rings (SSSR count). The van der Waals surface area contributed by atoms with Crippen molar-refractivity contribution in [3.63, 3.8) is 0 Å². The van der Waals surface area contributed by atoms with Gasteiger partial charge in [0.1, 0.15) is 6.33 Å². The number of hydrogen-bond acceptors (Lipinski definition) is 7. The smallest absolute Gasteiger partial charge is 0.184 e. The molecule has 1 N–H and O–H groups in total. The summed E-state index contributed by atoms with van der Waals surface area (Å²) in [6.45, 7) is 2.02. The molecule has 8 heteroatoms. The van der Waals surface area contributed by atoms with E-state index in [2.05, 4.69) is 15.0 Å². The van der Waals surface area contributed by atoms with E-state index in [1.54, 1.807) is 42.6 Å². The largest absolute Gasteiger partial charge is 0.396 e. The number of hydrogen-bond donors (Lipinski definition) is 1. The number of unbranched alkanes of at least 4 members (excludes halogenated alkanes) is 1. The minimum atomic E-state index is -3.58. The molecule has 0 aliphatic rings. The Labute approximate surface area is 198 Å². The molecule has 0 bridgehead atoms. The lowest BCUT2D eigenvalue weighted by atomic mass is 9.96. The average molecular weight is 476 g/mol. The first-order valence-electron chi connectivity index (χ1n) is 11.0. The van der Waals surface area contributed by atoms with E-state index in [0.29, 0.717) is 30.5 Å². The lowest BCUT2D eigenvalue weighted by molar-refractivity contribution is 0.0977. The molecule has 2 aromatic carbocycles. The minimum absolute atomic E-state index is 0.0486. The molecule has 0 amide bonds. The van der Waals surface area contributed by atoms with E-state index in [1.165, 1.54) is 12.5 Å². The molecule has 7 nitrogen and oxygen atoms in total. The topological polar surface area (TPSA) is 110 Å². The van der Waals surface area contributed by atoms with Gasteiger partial charge in [-0.15, -0.1) is 0 Å². The summed E-state index contributed by atoms with van der Waals surface area (Å²) in [6, 6.07) is 13.9. The Morgan fingerprint density at radius 3 is 2.56 bits per heavy atom. The fraction of sp³-hybridized carbons (Fsp3) is 0.231. The van der Waals surface area contributed by atoms with Crippen molar-refractivity contribution in [2.24, 2.45) is 0 Å². The highest BCUT2D eigenvalue weighted by Gasteiger charge is 2.18. The number of sulfone groups is 1. The number of fused-ring (bicyclic) bond motifs is 1. The number of aliphatic hydroxyl groups excluding tert-OH is 1. The molecule has 0 aliphatic heterocycles. The molecule has 0 atom stereocenters. The number of nitrogens with zero attached hydrogens (tertiary/aromatic N) is 3. The second kappa shape index (κ2) is 10.2. The van der Waals surface area contributed by atoms with Crippen molar-refractivity contribution in [1.29, 1.82) is 0 Å². The number of Topliss-reactive ketones (excluding diaryl/α,β-unsaturated/α-hetero) is 1. The van der Waals surface area contributed by atoms with E-state index < -0.39 is 9.84 Å². The third kappa shape index (κ3) is 5.18. The molecule has 2 heterocycles. The predicted octanol–water partition coefficient (Wildman–Crippen LogP) is 4.32. The van der Waals surface area contributed by atoms with E-state index in [0.717, 1.165) is 27.6 Å². The molecule has 2 aromatic heterocycles. The molecule has 0 aliphatic carbocycles. The number of ketones is 1. The zero-order valence-corrected chi connectivity index (χ0v) is 19.6. The number of pyridine rings is 1. The van der Waals surface area contributed by atoms with Gasteiger partial charge < -0.3 is 5.11 Å². The third-order valence-corrected chi connectivity index (χ3v) is 7.34. The molecule has 0 saturated heterocycles. The van der Waals surface area contributed by atoms with E-state index in [9.17, 15) is 13.2 Å². The van der Waals surface area contributed by atoms with Crippen molar-refractivity contribution >= 4 is 26.4 Å². The standard InChI is InChI=1S/C26H25N3O4S/c1-18-14-20(25(31)4-2-3-13-30)5-7-23(18)26-24-8-6-22(15-19(24)9-12-28-26)34(32,33)16-21-10-11-27-17-29-21/h5-12,14-15,17,30H,2-4,13,16H2,1H3. The van der Waals surface area contributed by atoms with Crippen LogP contribution in [-0.2, 0) is 15.6 Å². The first kappa shape index (κ1) is 23.7. The summed E-state index contributed by atoms with van der Waals surface area (Å²) < 4.78 is 25.9. The van der Waals surface area contributed by atoms with E-state index in [-0.39, 0.29) is 23.0 Å². The number of aromatic nitrogens is 3. The van der Waals surface area contributed by atoms with Crippen molar-refractivity contribution in [1.82, 2.24) is 15.0 Å². The summed E-state index contributed by atoms with van der Waals surface area (Å²) in [5.74, 6) is -0.154. The van der Waals surface area contributed by atoms with Crippen LogP contribution in [0.3, 0.4) is 0 Å². The van der Waals surface area contributed by atoms with Crippen molar-refractivity contribution in [2.45, 2.75) is 36.8 Å². The van der Waals surface area contributed by atoms with Crippen LogP contribution in [-0.4, -0.2) is 40.9 Å². The van der Waals surface area contributed by atoms with Gasteiger partial charge in [-0.3, -0.25) is 9.78 Å². The monoisotopic (exact) mass is 475 g/mol. The van der Waals surface area contributed by atoms with Crippen LogP contribution in [0.15, 0.2) is 72.1 Å². The molecule has 174 valence electrons. The molecule has 0 saturated carbocycles. The van der Waals surface area contributed by atoms with Crippen LogP contribution in [0.4, 0.5) is 0 Å². The molecule has 0 spiro atoms. The quantitative estimate of drug-likeness (QED) is 0.283. The maximum Gasteiger partial charge on any atom is 0.184 e. The van der Waals surface area contributed by atoms with Crippen LogP contribution in [0.2, 0.25) is 0 Å². The molecule has 0 unspecified atom stereocenters. The number of carbonyl (C=O) groups is 1. The van der Waals surface area contributed by atoms with Crippen molar-refractivity contribution < 1.29 is 18.3 Å². The normalized spacial score (nSPS) is 11.6. The third-order valence-electron chi connectivity index (χ3n) is 5.69. The Morgan fingerprint density at radius 1 is 0.971 bits per heavy atom. The number of rotatable bonds is 9. The van der Waals surface area contributed by atoms with Crippen molar-refractivity contribution in [2.75, 3.05) is 6.61 Å². The fourth-order valence-corrected chi connectivity index (χ4v) is 5.20. The van der Waals surface area contributed by atoms with Crippen LogP contribution in [0.25, 0.3) is 22.0 Å². The highest BCUT2D eigenvalue weighted by Crippen LogP contribution is 2.31. The van der Waals surface area contributed by atoms with Gasteiger partial charge >= 0.3 is 0 Å². The Morgan fingerprint density at radius 2 is 1.82 bits per heavy atom. The SMILES string of the molecule is Cc1cc(C(=O)CCCCO)ccc1-c1nccc2cc(S(=O)(=O)Cc3ccncn3)ccc12. The van der Waals surface area contributed by atoms with Gasteiger partial charge in [0.25, 0.3) is 0 Å². The summed E-state index contributed by atoms with van der Waals surface area (Å²) in [6.07, 6.45) is 6.18.